The summed E-state index contributed by atoms with van der Waals surface area (Å²) in [6.45, 7) is 0. The van der Waals surface area contributed by atoms with Gasteiger partial charge in [0, 0.05) is 5.02 Å². The van der Waals surface area contributed by atoms with Gasteiger partial charge in [0.1, 0.15) is 47.1 Å². The van der Waals surface area contributed by atoms with Crippen LogP contribution in [-0.2, 0) is 10.3 Å². The molecule has 3 nitrogen and oxygen atoms in total. The topological polar surface area (TPSA) is 63.3 Å². The van der Waals surface area contributed by atoms with Gasteiger partial charge in [-0.3, -0.25) is 4.79 Å². The molecule has 0 aliphatic heterocycles. The maximum Gasteiger partial charge on any atom is 0.178 e. The number of hydrogen-bond donors (Lipinski definition) is 2. The zero-order valence-electron chi connectivity index (χ0n) is 15.2. The molecule has 0 saturated heterocycles. The smallest absolute Gasteiger partial charge is 0.178 e. The van der Waals surface area contributed by atoms with Crippen molar-refractivity contribution in [2.45, 2.75) is 29.1 Å². The number of benzene rings is 1. The lowest BCUT2D eigenvalue weighted by atomic mass is 9.35. The summed E-state index contributed by atoms with van der Waals surface area (Å²) in [6, 6.07) is 0. The number of Topliss-reactive ketones (excluding diaryl/α,β-unsaturated/α-hetero) is 1. The first kappa shape index (κ1) is 18.9. The molecule has 1 aromatic rings. The van der Waals surface area contributed by atoms with Crippen LogP contribution in [-0.4, -0.2) is 71.3 Å². The van der Waals surface area contributed by atoms with Crippen LogP contribution in [0, 0.1) is 0 Å². The minimum Gasteiger partial charge on any atom is -0.391 e. The van der Waals surface area contributed by atoms with E-state index in [9.17, 15) is 9.90 Å². The Morgan fingerprint density at radius 1 is 0.957 bits per heavy atom. The first-order valence-electron chi connectivity index (χ1n) is 8.11. The Bertz CT molecular complexity index is 680. The van der Waals surface area contributed by atoms with E-state index in [-0.39, 0.29) is 5.78 Å². The summed E-state index contributed by atoms with van der Waals surface area (Å²) in [7, 11) is 13.5. The van der Waals surface area contributed by atoms with Crippen LogP contribution in [0.5, 0.6) is 0 Å². The molecule has 1 aliphatic carbocycles. The third-order valence-electron chi connectivity index (χ3n) is 6.16. The Morgan fingerprint density at radius 2 is 1.43 bits per heavy atom. The molecule has 1 fully saturated rings. The van der Waals surface area contributed by atoms with Gasteiger partial charge in [0.25, 0.3) is 0 Å². The van der Waals surface area contributed by atoms with E-state index in [1.807, 2.05) is 47.1 Å². The summed E-state index contributed by atoms with van der Waals surface area (Å²) in [5.74, 6) is -0.339. The van der Waals surface area contributed by atoms with E-state index in [1.165, 1.54) is 0 Å². The Kier molecular flexibility index (Phi) is 4.55. The van der Waals surface area contributed by atoms with Crippen molar-refractivity contribution in [2.24, 2.45) is 5.73 Å². The van der Waals surface area contributed by atoms with Crippen molar-refractivity contribution >= 4 is 94.2 Å². The molecule has 0 amide bonds. The van der Waals surface area contributed by atoms with E-state index in [1.54, 1.807) is 7.85 Å². The molecular formula is C12H21B7ClNO2. The molecule has 1 aliphatic rings. The lowest BCUT2D eigenvalue weighted by molar-refractivity contribution is -0.140. The molecule has 114 valence electrons. The summed E-state index contributed by atoms with van der Waals surface area (Å²) >= 11 is 6.67. The molecule has 23 heavy (non-hydrogen) atoms. The quantitative estimate of drug-likeness (QED) is 0.505. The van der Waals surface area contributed by atoms with Crippen LogP contribution in [0.2, 0.25) is 10.2 Å². The average molecular weight is 322 g/mol. The standard InChI is InChI=1S/C12H21B7ClNO2/c13-4-3(8(20)7(16)6(15)5(4)14)12(21)9(22)10(17,23)1-2-11(12,18)19/h23H,1-2,13-19,21H2. The molecule has 2 rings (SSSR count). The molecule has 2 atom stereocenters. The molecule has 0 spiro atoms. The number of carbonyl (C=O) groups is 1. The van der Waals surface area contributed by atoms with Crippen molar-refractivity contribution in [3.8, 4) is 0 Å². The number of nitrogens with two attached hydrogens (primary N) is 1. The number of rotatable bonds is 1. The minimum absolute atomic E-state index is 0.339. The van der Waals surface area contributed by atoms with Gasteiger partial charge < -0.3 is 10.8 Å². The van der Waals surface area contributed by atoms with Gasteiger partial charge in [0.15, 0.2) is 13.6 Å². The van der Waals surface area contributed by atoms with Crippen LogP contribution < -0.4 is 27.6 Å². The molecule has 1 saturated carbocycles. The third-order valence-corrected chi connectivity index (χ3v) is 6.63. The monoisotopic (exact) mass is 323 g/mol. The zero-order valence-corrected chi connectivity index (χ0v) is 16.0. The van der Waals surface area contributed by atoms with Gasteiger partial charge in [-0.05, 0) is 12.0 Å². The Hall–Kier alpha value is -0.445. The Labute approximate surface area is 149 Å². The van der Waals surface area contributed by atoms with Crippen LogP contribution in [0.3, 0.4) is 0 Å². The highest BCUT2D eigenvalue weighted by Crippen LogP contribution is 2.50. The van der Waals surface area contributed by atoms with Gasteiger partial charge in [-0.1, -0.05) is 34.2 Å². The van der Waals surface area contributed by atoms with Crippen molar-refractivity contribution in [3.05, 3.63) is 10.6 Å². The summed E-state index contributed by atoms with van der Waals surface area (Å²) in [5, 5.41) is 10.6. The minimum atomic E-state index is -1.42. The lowest BCUT2D eigenvalue weighted by Crippen LogP contribution is -2.69. The van der Waals surface area contributed by atoms with Crippen molar-refractivity contribution in [1.82, 2.24) is 0 Å². The highest BCUT2D eigenvalue weighted by molar-refractivity contribution is 6.66. The molecule has 0 bridgehead atoms. The average Bonchev–Trinajstić information content (AvgIpc) is 2.47. The van der Waals surface area contributed by atoms with Crippen LogP contribution in [0.25, 0.3) is 0 Å². The fourth-order valence-electron chi connectivity index (χ4n) is 3.79. The summed E-state index contributed by atoms with van der Waals surface area (Å²) in [4.78, 5) is 13.2. The normalized spacial score (nSPS) is 30.3. The predicted octanol–water partition coefficient (Wildman–Crippen LogP) is -8.41. The third kappa shape index (κ3) is 2.49. The molecular weight excluding hydrogens is 301 g/mol. The number of ketones is 1. The molecule has 1 aromatic carbocycles. The van der Waals surface area contributed by atoms with Crippen LogP contribution in [0.1, 0.15) is 18.4 Å². The summed E-state index contributed by atoms with van der Waals surface area (Å²) < 4.78 is 0. The van der Waals surface area contributed by atoms with Crippen LogP contribution in [0.15, 0.2) is 0 Å². The van der Waals surface area contributed by atoms with E-state index in [0.717, 1.165) is 21.9 Å². The predicted molar refractivity (Wildman–Crippen MR) is 118 cm³/mol. The summed E-state index contributed by atoms with van der Waals surface area (Å²) in [5.41, 5.74) is 8.83. The molecule has 0 aromatic heterocycles. The highest BCUT2D eigenvalue weighted by atomic mass is 35.5. The van der Waals surface area contributed by atoms with Gasteiger partial charge in [0.05, 0.1) is 11.0 Å². The van der Waals surface area contributed by atoms with Crippen LogP contribution in [0.4, 0.5) is 0 Å². The van der Waals surface area contributed by atoms with Crippen molar-refractivity contribution < 1.29 is 9.90 Å². The van der Waals surface area contributed by atoms with Crippen molar-refractivity contribution in [1.29, 1.82) is 0 Å². The van der Waals surface area contributed by atoms with Crippen LogP contribution >= 0.6 is 11.6 Å². The molecule has 2 unspecified atom stereocenters. The second kappa shape index (κ2) is 5.54. The molecule has 11 heteroatoms. The maximum atomic E-state index is 13.2. The van der Waals surface area contributed by atoms with Gasteiger partial charge in [0.2, 0.25) is 0 Å². The summed E-state index contributed by atoms with van der Waals surface area (Å²) in [6.07, 6.45) is 1.07. The molecule has 0 radical (unpaired) electrons. The largest absolute Gasteiger partial charge is 0.391 e. The second-order valence-electron chi connectivity index (χ2n) is 7.98. The van der Waals surface area contributed by atoms with Crippen molar-refractivity contribution in [2.75, 3.05) is 0 Å². The van der Waals surface area contributed by atoms with Gasteiger partial charge in [-0.2, -0.15) is 0 Å². The lowest BCUT2D eigenvalue weighted by Gasteiger charge is -2.53. The van der Waals surface area contributed by atoms with E-state index in [2.05, 4.69) is 0 Å². The number of aliphatic hydroxyl groups is 1. The van der Waals surface area contributed by atoms with Crippen molar-refractivity contribution in [3.63, 3.8) is 0 Å². The Morgan fingerprint density at radius 3 is 1.96 bits per heavy atom. The van der Waals surface area contributed by atoms with E-state index < -0.39 is 16.3 Å². The number of carbonyl (C=O) groups excluding carboxylic acids is 1. The fraction of sp³-hybridized carbons (Fsp3) is 0.417. The second-order valence-corrected chi connectivity index (χ2v) is 8.36. The SMILES string of the molecule is Bc1c(B)c(B)c(C2(N)C(=O)C(B)(O)CCC2(B)B)c(Cl)c1B. The first-order chi connectivity index (χ1) is 10.3. The first-order valence-corrected chi connectivity index (χ1v) is 8.49. The van der Waals surface area contributed by atoms with Gasteiger partial charge >= 0.3 is 0 Å². The Balaban J connectivity index is 2.89. The molecule has 3 N–H and O–H groups in total. The maximum absolute atomic E-state index is 13.2. The zero-order chi connectivity index (χ0) is 18.0. The van der Waals surface area contributed by atoms with Gasteiger partial charge in [-0.25, -0.2) is 0 Å². The van der Waals surface area contributed by atoms with E-state index >= 15 is 0 Å². The van der Waals surface area contributed by atoms with E-state index in [4.69, 9.17) is 17.3 Å². The highest BCUT2D eigenvalue weighted by Gasteiger charge is 2.58. The van der Waals surface area contributed by atoms with Gasteiger partial charge in [-0.15, -0.1) is 10.9 Å². The fourth-order valence-corrected chi connectivity index (χ4v) is 4.22. The number of hydrogen-bond acceptors (Lipinski definition) is 3. The van der Waals surface area contributed by atoms with E-state index in [0.29, 0.717) is 23.4 Å². The molecule has 0 heterocycles. The number of halogens is 1.